The molecule has 9 heteroatoms. The van der Waals surface area contributed by atoms with Gasteiger partial charge in [0, 0.05) is 46.7 Å². The molecule has 0 heterocycles. The SMILES string of the molecule is CCCCCCCC/C=C\CCCCCCCC(=O)O.CCCCCCCC/C=C\CCCCCCCC(=O)O.CCCCCCCC/C=C\CCCCCCCC(=O)O.CCCCCCCC/C=C\CCCCCCCC(=O)O.[W]. The Morgan fingerprint density at radius 2 is 0.309 bits per heavy atom. The molecule has 0 fully saturated rings. The molecule has 0 saturated heterocycles. The van der Waals surface area contributed by atoms with Gasteiger partial charge in [0.2, 0.25) is 0 Å². The summed E-state index contributed by atoms with van der Waals surface area (Å²) < 4.78 is 0. The fourth-order valence-electron chi connectivity index (χ4n) is 9.39. The summed E-state index contributed by atoms with van der Waals surface area (Å²) in [7, 11) is 0. The summed E-state index contributed by atoms with van der Waals surface area (Å²) >= 11 is 0. The first kappa shape index (κ1) is 87.3. The molecule has 0 unspecified atom stereocenters. The van der Waals surface area contributed by atoms with Gasteiger partial charge >= 0.3 is 23.9 Å². The number of allylic oxidation sites excluding steroid dienone is 8. The molecule has 8 nitrogen and oxygen atoms in total. The molecule has 0 amide bonds. The molecule has 0 atom stereocenters. The Hall–Kier alpha value is -2.47. The second-order valence-corrected chi connectivity index (χ2v) is 22.9. The molecule has 0 bridgehead atoms. The van der Waals surface area contributed by atoms with Crippen LogP contribution in [0.2, 0.25) is 0 Å². The van der Waals surface area contributed by atoms with Crippen LogP contribution in [0.15, 0.2) is 48.6 Å². The van der Waals surface area contributed by atoms with E-state index < -0.39 is 23.9 Å². The maximum absolute atomic E-state index is 10.3. The molecular weight excluding hydrogens is 1180 g/mol. The molecule has 0 aromatic rings. The van der Waals surface area contributed by atoms with E-state index in [1.165, 1.54) is 283 Å². The number of hydrogen-bond donors (Lipinski definition) is 4. The summed E-state index contributed by atoms with van der Waals surface area (Å²) in [5.74, 6) is -2.66. The predicted molar refractivity (Wildman–Crippen MR) is 348 cm³/mol. The molecular formula is C72H136O8W. The van der Waals surface area contributed by atoms with Crippen LogP contribution < -0.4 is 0 Å². The van der Waals surface area contributed by atoms with Crippen molar-refractivity contribution in [2.75, 3.05) is 0 Å². The first-order valence-electron chi connectivity index (χ1n) is 34.6. The average Bonchev–Trinajstić information content (AvgIpc) is 3.43. The molecule has 0 aromatic heterocycles. The van der Waals surface area contributed by atoms with Gasteiger partial charge in [-0.2, -0.15) is 0 Å². The van der Waals surface area contributed by atoms with E-state index in [0.717, 1.165) is 51.4 Å². The van der Waals surface area contributed by atoms with E-state index in [0.29, 0.717) is 25.7 Å². The van der Waals surface area contributed by atoms with Crippen LogP contribution in [0.4, 0.5) is 0 Å². The maximum Gasteiger partial charge on any atom is 0.303 e. The van der Waals surface area contributed by atoms with E-state index in [1.807, 2.05) is 0 Å². The van der Waals surface area contributed by atoms with Gasteiger partial charge in [-0.15, -0.1) is 0 Å². The van der Waals surface area contributed by atoms with Gasteiger partial charge in [-0.1, -0.05) is 282 Å². The topological polar surface area (TPSA) is 149 Å². The summed E-state index contributed by atoms with van der Waals surface area (Å²) in [4.78, 5) is 41.3. The van der Waals surface area contributed by atoms with Crippen LogP contribution in [0.5, 0.6) is 0 Å². The van der Waals surface area contributed by atoms with Gasteiger partial charge in [-0.3, -0.25) is 19.2 Å². The zero-order valence-corrected chi connectivity index (χ0v) is 57.0. The number of carbonyl (C=O) groups is 4. The number of unbranched alkanes of at least 4 members (excludes halogenated alkanes) is 44. The molecule has 4 N–H and O–H groups in total. The van der Waals surface area contributed by atoms with Crippen molar-refractivity contribution in [2.24, 2.45) is 0 Å². The third-order valence-corrected chi connectivity index (χ3v) is 14.6. The molecule has 0 aliphatic rings. The average molecular weight is 1310 g/mol. The molecule has 0 rings (SSSR count). The first-order valence-corrected chi connectivity index (χ1v) is 34.6. The zero-order valence-electron chi connectivity index (χ0n) is 54.0. The van der Waals surface area contributed by atoms with Crippen molar-refractivity contribution in [3.63, 3.8) is 0 Å². The number of aliphatic carboxylic acids is 4. The van der Waals surface area contributed by atoms with Crippen molar-refractivity contribution < 1.29 is 60.7 Å². The van der Waals surface area contributed by atoms with Crippen molar-refractivity contribution in [2.45, 2.75) is 387 Å². The summed E-state index contributed by atoms with van der Waals surface area (Å²) in [5.41, 5.74) is 0. The Balaban J connectivity index is -0.000000316. The van der Waals surface area contributed by atoms with E-state index >= 15 is 0 Å². The standard InChI is InChI=1S/4C18H34O2.W/c4*1-2-3-4-5-6-7-8-9-10-11-12-13-14-15-16-17-18(19)20;/h4*9-10H,2-8,11-17H2,1H3,(H,19,20);/b4*10-9-;. The number of carboxylic acid groups (broad SMARTS) is 4. The Kier molecular flexibility index (Phi) is 90.5. The fraction of sp³-hybridized carbons (Fsp3) is 0.833. The molecule has 0 spiro atoms. The van der Waals surface area contributed by atoms with Crippen molar-refractivity contribution in [3.05, 3.63) is 48.6 Å². The van der Waals surface area contributed by atoms with Gasteiger partial charge in [0.1, 0.15) is 0 Å². The Morgan fingerprint density at radius 3 is 0.432 bits per heavy atom. The summed E-state index contributed by atoms with van der Waals surface area (Å²) in [6.45, 7) is 9.04. The Bertz CT molecular complexity index is 1140. The number of rotatable bonds is 60. The minimum Gasteiger partial charge on any atom is -0.481 e. The van der Waals surface area contributed by atoms with Crippen molar-refractivity contribution in [1.29, 1.82) is 0 Å². The third-order valence-electron chi connectivity index (χ3n) is 14.6. The van der Waals surface area contributed by atoms with Crippen molar-refractivity contribution >= 4 is 23.9 Å². The predicted octanol–water partition coefficient (Wildman–Crippen LogP) is 24.4. The van der Waals surface area contributed by atoms with E-state index in [9.17, 15) is 19.2 Å². The molecule has 0 aliphatic heterocycles. The minimum absolute atomic E-state index is 0. The molecule has 0 aliphatic carbocycles. The van der Waals surface area contributed by atoms with E-state index in [2.05, 4.69) is 76.3 Å². The first-order chi connectivity index (χ1) is 39.1. The maximum atomic E-state index is 10.3. The molecule has 0 radical (unpaired) electrons. The van der Waals surface area contributed by atoms with Gasteiger partial charge in [-0.25, -0.2) is 0 Å². The summed E-state index contributed by atoms with van der Waals surface area (Å²) in [6.07, 6.45) is 85.0. The number of carboxylic acids is 4. The van der Waals surface area contributed by atoms with E-state index in [1.54, 1.807) is 0 Å². The Labute approximate surface area is 517 Å². The second kappa shape index (κ2) is 84.0. The molecule has 0 aromatic carbocycles. The van der Waals surface area contributed by atoms with Gasteiger partial charge in [0.25, 0.3) is 0 Å². The second-order valence-electron chi connectivity index (χ2n) is 22.9. The zero-order chi connectivity index (χ0) is 59.6. The van der Waals surface area contributed by atoms with Crippen LogP contribution in [-0.4, -0.2) is 44.3 Å². The summed E-state index contributed by atoms with van der Waals surface area (Å²) in [5, 5.41) is 34.0. The van der Waals surface area contributed by atoms with E-state index in [4.69, 9.17) is 20.4 Å². The van der Waals surface area contributed by atoms with Gasteiger partial charge in [0.15, 0.2) is 0 Å². The molecule has 81 heavy (non-hydrogen) atoms. The van der Waals surface area contributed by atoms with Crippen molar-refractivity contribution in [3.8, 4) is 0 Å². The monoisotopic (exact) mass is 1310 g/mol. The quantitative estimate of drug-likeness (QED) is 0.0347. The Morgan fingerprint density at radius 1 is 0.198 bits per heavy atom. The van der Waals surface area contributed by atoms with Gasteiger partial charge < -0.3 is 20.4 Å². The normalized spacial score (nSPS) is 11.1. The number of hydrogen-bond acceptors (Lipinski definition) is 4. The summed E-state index contributed by atoms with van der Waals surface area (Å²) in [6, 6.07) is 0. The van der Waals surface area contributed by atoms with Gasteiger partial charge in [-0.05, 0) is 128 Å². The van der Waals surface area contributed by atoms with E-state index in [-0.39, 0.29) is 21.1 Å². The van der Waals surface area contributed by atoms with Crippen LogP contribution in [0.25, 0.3) is 0 Å². The van der Waals surface area contributed by atoms with Crippen LogP contribution in [0.3, 0.4) is 0 Å². The van der Waals surface area contributed by atoms with Crippen LogP contribution in [0.1, 0.15) is 387 Å². The van der Waals surface area contributed by atoms with Crippen LogP contribution in [0, 0.1) is 0 Å². The minimum atomic E-state index is -0.664. The van der Waals surface area contributed by atoms with Crippen LogP contribution in [-0.2, 0) is 40.2 Å². The largest absolute Gasteiger partial charge is 0.481 e. The smallest absolute Gasteiger partial charge is 0.303 e. The van der Waals surface area contributed by atoms with Crippen LogP contribution >= 0.6 is 0 Å². The van der Waals surface area contributed by atoms with Crippen molar-refractivity contribution in [1.82, 2.24) is 0 Å². The molecule has 0 saturated carbocycles. The fourth-order valence-corrected chi connectivity index (χ4v) is 9.39. The van der Waals surface area contributed by atoms with Gasteiger partial charge in [0.05, 0.1) is 0 Å². The third kappa shape index (κ3) is 103. The molecule has 478 valence electrons.